The first-order valence-electron chi connectivity index (χ1n) is 4.44. The molecule has 0 bridgehead atoms. The zero-order valence-electron chi connectivity index (χ0n) is 7.37. The third-order valence-electron chi connectivity index (χ3n) is 2.16. The Morgan fingerprint density at radius 2 is 2.15 bits per heavy atom. The van der Waals surface area contributed by atoms with Crippen molar-refractivity contribution in [2.75, 3.05) is 26.2 Å². The lowest BCUT2D eigenvalue weighted by molar-refractivity contribution is 0.232. The van der Waals surface area contributed by atoms with Crippen LogP contribution in [0.3, 0.4) is 0 Å². The Bertz CT molecular complexity index is 268. The molecular weight excluding hydrogens is 204 g/mol. The summed E-state index contributed by atoms with van der Waals surface area (Å²) in [6.45, 7) is 5.19. The summed E-state index contributed by atoms with van der Waals surface area (Å²) < 4.78 is 0.886. The summed E-state index contributed by atoms with van der Waals surface area (Å²) in [5.41, 5.74) is 0. The maximum absolute atomic E-state index is 5.86. The molecule has 1 saturated heterocycles. The van der Waals surface area contributed by atoms with Crippen molar-refractivity contribution in [2.45, 2.75) is 6.54 Å². The molecule has 0 N–H and O–H groups in total. The van der Waals surface area contributed by atoms with Gasteiger partial charge in [0.15, 0.2) is 0 Å². The standard InChI is InChI=1S/C9H12ClN2S/c10-9-2-1-8(13-9)7-12-5-3-11-4-6-12/h1-2H,3-7H2. The second-order valence-electron chi connectivity index (χ2n) is 3.15. The summed E-state index contributed by atoms with van der Waals surface area (Å²) in [7, 11) is 0. The van der Waals surface area contributed by atoms with Gasteiger partial charge in [-0.1, -0.05) is 11.6 Å². The fraction of sp³-hybridized carbons (Fsp3) is 0.556. The van der Waals surface area contributed by atoms with Crippen molar-refractivity contribution >= 4 is 22.9 Å². The van der Waals surface area contributed by atoms with E-state index in [4.69, 9.17) is 11.6 Å². The van der Waals surface area contributed by atoms with Crippen molar-refractivity contribution in [3.63, 3.8) is 0 Å². The summed E-state index contributed by atoms with van der Waals surface area (Å²) in [5, 5.41) is 4.31. The number of rotatable bonds is 2. The van der Waals surface area contributed by atoms with Gasteiger partial charge in [0.05, 0.1) is 4.34 Å². The lowest BCUT2D eigenvalue weighted by atomic mass is 10.3. The van der Waals surface area contributed by atoms with Crippen molar-refractivity contribution in [1.82, 2.24) is 10.2 Å². The molecule has 4 heteroatoms. The Kier molecular flexibility index (Phi) is 3.22. The van der Waals surface area contributed by atoms with Crippen LogP contribution in [-0.2, 0) is 6.54 Å². The molecule has 2 nitrogen and oxygen atoms in total. The predicted octanol–water partition coefficient (Wildman–Crippen LogP) is 1.82. The van der Waals surface area contributed by atoms with E-state index in [0.717, 1.165) is 37.1 Å². The Labute approximate surface area is 87.5 Å². The Morgan fingerprint density at radius 3 is 2.77 bits per heavy atom. The van der Waals surface area contributed by atoms with E-state index in [1.165, 1.54) is 4.88 Å². The number of thiophene rings is 1. The molecule has 1 aromatic heterocycles. The molecular formula is C9H12ClN2S. The molecule has 1 aromatic rings. The molecule has 1 aliphatic rings. The van der Waals surface area contributed by atoms with E-state index in [1.54, 1.807) is 11.3 Å². The van der Waals surface area contributed by atoms with Crippen LogP contribution in [0.1, 0.15) is 4.88 Å². The van der Waals surface area contributed by atoms with Crippen molar-refractivity contribution in [3.05, 3.63) is 21.3 Å². The first kappa shape index (κ1) is 9.46. The highest BCUT2D eigenvalue weighted by Gasteiger charge is 2.11. The van der Waals surface area contributed by atoms with Crippen LogP contribution < -0.4 is 5.32 Å². The third-order valence-corrected chi connectivity index (χ3v) is 3.37. The number of hydrogen-bond donors (Lipinski definition) is 0. The van der Waals surface area contributed by atoms with Gasteiger partial charge in [-0.25, -0.2) is 5.32 Å². The van der Waals surface area contributed by atoms with Gasteiger partial charge in [0.25, 0.3) is 0 Å². The zero-order chi connectivity index (χ0) is 9.10. The topological polar surface area (TPSA) is 17.3 Å². The minimum Gasteiger partial charge on any atom is -0.296 e. The maximum Gasteiger partial charge on any atom is 0.0931 e. The Hall–Kier alpha value is -0.0900. The first-order valence-corrected chi connectivity index (χ1v) is 5.64. The van der Waals surface area contributed by atoms with Crippen LogP contribution in [0.5, 0.6) is 0 Å². The zero-order valence-corrected chi connectivity index (χ0v) is 8.94. The number of piperazine rings is 1. The van der Waals surface area contributed by atoms with Crippen LogP contribution in [0.15, 0.2) is 12.1 Å². The summed E-state index contributed by atoms with van der Waals surface area (Å²) >= 11 is 7.53. The third kappa shape index (κ3) is 2.68. The molecule has 0 aliphatic carbocycles. The molecule has 2 rings (SSSR count). The average molecular weight is 216 g/mol. The monoisotopic (exact) mass is 215 g/mol. The normalized spacial score (nSPS) is 19.2. The molecule has 2 heterocycles. The van der Waals surface area contributed by atoms with E-state index in [-0.39, 0.29) is 0 Å². The van der Waals surface area contributed by atoms with Crippen molar-refractivity contribution in [2.24, 2.45) is 0 Å². The highest BCUT2D eigenvalue weighted by molar-refractivity contribution is 7.16. The molecule has 0 unspecified atom stereocenters. The van der Waals surface area contributed by atoms with Crippen LogP contribution in [0.4, 0.5) is 0 Å². The van der Waals surface area contributed by atoms with Gasteiger partial charge in [-0.3, -0.25) is 4.90 Å². The SMILES string of the molecule is Clc1ccc(CN2CC[N]CC2)s1. The smallest absolute Gasteiger partial charge is 0.0931 e. The first-order chi connectivity index (χ1) is 6.34. The van der Waals surface area contributed by atoms with Crippen LogP contribution in [-0.4, -0.2) is 31.1 Å². The van der Waals surface area contributed by atoms with E-state index in [0.29, 0.717) is 0 Å². The van der Waals surface area contributed by atoms with Gasteiger partial charge in [-0.15, -0.1) is 11.3 Å². The molecule has 71 valence electrons. The Morgan fingerprint density at radius 1 is 1.38 bits per heavy atom. The molecule has 0 spiro atoms. The van der Waals surface area contributed by atoms with Crippen molar-refractivity contribution in [3.8, 4) is 0 Å². The van der Waals surface area contributed by atoms with Crippen LogP contribution >= 0.6 is 22.9 Å². The van der Waals surface area contributed by atoms with E-state index >= 15 is 0 Å². The van der Waals surface area contributed by atoms with Gasteiger partial charge >= 0.3 is 0 Å². The minimum absolute atomic E-state index is 0.886. The van der Waals surface area contributed by atoms with Gasteiger partial charge in [-0.05, 0) is 12.1 Å². The molecule has 13 heavy (non-hydrogen) atoms. The molecule has 0 amide bonds. The molecule has 0 saturated carbocycles. The largest absolute Gasteiger partial charge is 0.296 e. The van der Waals surface area contributed by atoms with Gasteiger partial charge < -0.3 is 0 Å². The predicted molar refractivity (Wildman–Crippen MR) is 56.5 cm³/mol. The average Bonchev–Trinajstić information content (AvgIpc) is 2.53. The van der Waals surface area contributed by atoms with Crippen molar-refractivity contribution < 1.29 is 0 Å². The summed E-state index contributed by atoms with van der Waals surface area (Å²) in [5.74, 6) is 0. The molecule has 0 aromatic carbocycles. The molecule has 0 atom stereocenters. The second-order valence-corrected chi connectivity index (χ2v) is 4.95. The molecule has 1 radical (unpaired) electrons. The van der Waals surface area contributed by atoms with Gasteiger partial charge in [0.1, 0.15) is 0 Å². The van der Waals surface area contributed by atoms with Gasteiger partial charge in [0, 0.05) is 37.6 Å². The highest BCUT2D eigenvalue weighted by Crippen LogP contribution is 2.22. The quantitative estimate of drug-likeness (QED) is 0.736. The highest BCUT2D eigenvalue weighted by atomic mass is 35.5. The number of nitrogens with zero attached hydrogens (tertiary/aromatic N) is 2. The second kappa shape index (κ2) is 4.42. The lowest BCUT2D eigenvalue weighted by Gasteiger charge is -2.25. The fourth-order valence-electron chi connectivity index (χ4n) is 1.46. The van der Waals surface area contributed by atoms with Crippen LogP contribution in [0, 0.1) is 0 Å². The number of hydrogen-bond acceptors (Lipinski definition) is 2. The van der Waals surface area contributed by atoms with Crippen LogP contribution in [0.25, 0.3) is 0 Å². The fourth-order valence-corrected chi connectivity index (χ4v) is 2.59. The van der Waals surface area contributed by atoms with Crippen LogP contribution in [0.2, 0.25) is 4.34 Å². The van der Waals surface area contributed by atoms with E-state index in [1.807, 2.05) is 6.07 Å². The minimum atomic E-state index is 0.886. The van der Waals surface area contributed by atoms with Crippen molar-refractivity contribution in [1.29, 1.82) is 0 Å². The summed E-state index contributed by atoms with van der Waals surface area (Å²) in [6.07, 6.45) is 0. The van der Waals surface area contributed by atoms with Gasteiger partial charge in [0.2, 0.25) is 0 Å². The summed E-state index contributed by atoms with van der Waals surface area (Å²) in [4.78, 5) is 3.78. The van der Waals surface area contributed by atoms with E-state index < -0.39 is 0 Å². The number of halogens is 1. The molecule has 1 aliphatic heterocycles. The van der Waals surface area contributed by atoms with E-state index in [2.05, 4.69) is 16.3 Å². The van der Waals surface area contributed by atoms with Gasteiger partial charge in [-0.2, -0.15) is 0 Å². The summed E-state index contributed by atoms with van der Waals surface area (Å²) in [6, 6.07) is 4.08. The maximum atomic E-state index is 5.86. The Balaban J connectivity index is 1.89. The molecule has 1 fully saturated rings. The van der Waals surface area contributed by atoms with E-state index in [9.17, 15) is 0 Å². The lowest BCUT2D eigenvalue weighted by Crippen LogP contribution is -2.39.